The molecular weight excluding hydrogens is 993 g/mol. The van der Waals surface area contributed by atoms with E-state index in [1.54, 1.807) is 39.8 Å². The van der Waals surface area contributed by atoms with E-state index in [-0.39, 0.29) is 11.8 Å². The van der Waals surface area contributed by atoms with Gasteiger partial charge >= 0.3 is 0 Å². The lowest BCUT2D eigenvalue weighted by Crippen LogP contribution is -2.27. The number of hydrogen-bond donors (Lipinski definition) is 2. The standard InChI is InChI=1S/2C32H33F2N3O2/c2*1-18-16-35-19(2)29(18)21-13-28-30(36-17-21)25-7-5-22(32(3,4)38)14-27(25)37(28)31(20-9-11-39-12-10-20)24-8-6-23(33)15-26(24)34/h2*5-8,13-15,17,20,31,38H,9-12,16H2,1-4H3. The van der Waals surface area contributed by atoms with Gasteiger partial charge in [-0.1, -0.05) is 36.4 Å². The molecule has 8 heterocycles. The molecular formula is C64H66F4N6O4. The Labute approximate surface area is 451 Å². The van der Waals surface area contributed by atoms with Gasteiger partial charge in [-0.25, -0.2) is 17.6 Å². The minimum atomic E-state index is -1.07. The van der Waals surface area contributed by atoms with Crippen molar-refractivity contribution in [3.05, 3.63) is 165 Å². The number of aromatic nitrogens is 4. The first-order valence-corrected chi connectivity index (χ1v) is 27.1. The number of rotatable bonds is 10. The lowest BCUT2D eigenvalue weighted by molar-refractivity contribution is 0.0547. The predicted octanol–water partition coefficient (Wildman–Crippen LogP) is 13.9. The molecule has 0 aliphatic carbocycles. The van der Waals surface area contributed by atoms with Crippen molar-refractivity contribution in [3.63, 3.8) is 0 Å². The van der Waals surface area contributed by atoms with E-state index < -0.39 is 46.6 Å². The van der Waals surface area contributed by atoms with E-state index >= 15 is 8.78 Å². The SMILES string of the molecule is CC1=NCC(C)=C1c1cnc2c3ccc(C(C)(C)O)cc3n(C(c3ccc(F)cc3F)C3CCOCC3)c2c1.CC1=NCC(C)=C1c1cnc2c3ccc(C(C)(C)O)cc3n(C(c3ccc(F)cc3F)C3CCOCC3)c2c1. The van der Waals surface area contributed by atoms with E-state index in [1.807, 2.05) is 62.6 Å². The number of hydrogen-bond acceptors (Lipinski definition) is 8. The highest BCUT2D eigenvalue weighted by atomic mass is 19.1. The van der Waals surface area contributed by atoms with E-state index in [4.69, 9.17) is 19.4 Å². The summed E-state index contributed by atoms with van der Waals surface area (Å²) < 4.78 is 75.0. The molecule has 0 amide bonds. The van der Waals surface area contributed by atoms with Gasteiger partial charge in [-0.3, -0.25) is 20.0 Å². The maximum atomic E-state index is 15.6. The highest BCUT2D eigenvalue weighted by Crippen LogP contribution is 2.45. The average Bonchev–Trinajstić information content (AvgIpc) is 4.30. The van der Waals surface area contributed by atoms with Gasteiger partial charge in [0.2, 0.25) is 0 Å². The number of nitrogens with zero attached hydrogens (tertiary/aromatic N) is 6. The van der Waals surface area contributed by atoms with Gasteiger partial charge in [-0.2, -0.15) is 0 Å². The zero-order valence-corrected chi connectivity index (χ0v) is 45.5. The molecule has 4 aromatic heterocycles. The topological polar surface area (TPSA) is 119 Å². The number of fused-ring (bicyclic) bond motifs is 6. The van der Waals surface area contributed by atoms with Crippen molar-refractivity contribution in [2.75, 3.05) is 39.5 Å². The van der Waals surface area contributed by atoms with Gasteiger partial charge in [0.1, 0.15) is 23.3 Å². The molecule has 78 heavy (non-hydrogen) atoms. The molecule has 404 valence electrons. The Morgan fingerprint density at radius 2 is 0.897 bits per heavy atom. The van der Waals surface area contributed by atoms with E-state index in [1.165, 1.54) is 23.3 Å². The maximum Gasteiger partial charge on any atom is 0.131 e. The summed E-state index contributed by atoms with van der Waals surface area (Å²) in [4.78, 5) is 19.1. The van der Waals surface area contributed by atoms with Crippen molar-refractivity contribution in [2.24, 2.45) is 21.8 Å². The van der Waals surface area contributed by atoms with Crippen LogP contribution in [0.2, 0.25) is 0 Å². The molecule has 0 saturated carbocycles. The largest absolute Gasteiger partial charge is 0.386 e. The van der Waals surface area contributed by atoms with E-state index in [9.17, 15) is 19.0 Å². The van der Waals surface area contributed by atoms with Crippen molar-refractivity contribution in [3.8, 4) is 0 Å². The molecule has 4 aromatic carbocycles. The van der Waals surface area contributed by atoms with Crippen LogP contribution in [0.15, 0.2) is 118 Å². The molecule has 0 spiro atoms. The molecule has 4 aliphatic rings. The van der Waals surface area contributed by atoms with E-state index in [0.29, 0.717) is 50.6 Å². The first-order chi connectivity index (χ1) is 37.3. The zero-order valence-electron chi connectivity index (χ0n) is 45.5. The van der Waals surface area contributed by atoms with Crippen LogP contribution >= 0.6 is 0 Å². The Morgan fingerprint density at radius 3 is 1.23 bits per heavy atom. The molecule has 12 rings (SSSR count). The highest BCUT2D eigenvalue weighted by molar-refractivity contribution is 6.26. The van der Waals surface area contributed by atoms with Crippen LogP contribution in [0, 0.1) is 35.1 Å². The van der Waals surface area contributed by atoms with E-state index in [2.05, 4.69) is 45.1 Å². The molecule has 10 nitrogen and oxygen atoms in total. The van der Waals surface area contributed by atoms with Crippen LogP contribution in [-0.2, 0) is 20.7 Å². The van der Waals surface area contributed by atoms with Crippen LogP contribution < -0.4 is 0 Å². The van der Waals surface area contributed by atoms with Crippen LogP contribution in [0.25, 0.3) is 55.0 Å². The molecule has 8 aromatic rings. The smallest absolute Gasteiger partial charge is 0.131 e. The van der Waals surface area contributed by atoms with Crippen LogP contribution in [0.4, 0.5) is 17.6 Å². The van der Waals surface area contributed by atoms with Gasteiger partial charge < -0.3 is 28.8 Å². The predicted molar refractivity (Wildman–Crippen MR) is 302 cm³/mol. The molecule has 2 saturated heterocycles. The number of aliphatic imine (C=N–C) groups is 2. The van der Waals surface area contributed by atoms with Crippen LogP contribution in [-0.4, -0.2) is 80.3 Å². The zero-order chi connectivity index (χ0) is 54.9. The number of aliphatic hydroxyl groups is 2. The van der Waals surface area contributed by atoms with Crippen LogP contribution in [0.1, 0.15) is 127 Å². The van der Waals surface area contributed by atoms with Crippen molar-refractivity contribution in [2.45, 2.75) is 104 Å². The summed E-state index contributed by atoms with van der Waals surface area (Å²) in [6.07, 6.45) is 6.77. The number of benzene rings is 4. The molecule has 4 aliphatic heterocycles. The van der Waals surface area contributed by atoms with Gasteiger partial charge in [-0.15, -0.1) is 0 Å². The highest BCUT2D eigenvalue weighted by Gasteiger charge is 2.35. The van der Waals surface area contributed by atoms with E-state index in [0.717, 1.165) is 127 Å². The Hall–Kier alpha value is -6.84. The summed E-state index contributed by atoms with van der Waals surface area (Å²) in [5.74, 6) is -2.22. The molecule has 2 fully saturated rings. The summed E-state index contributed by atoms with van der Waals surface area (Å²) in [7, 11) is 0. The fourth-order valence-corrected chi connectivity index (χ4v) is 12.5. The van der Waals surface area contributed by atoms with Crippen LogP contribution in [0.3, 0.4) is 0 Å². The fourth-order valence-electron chi connectivity index (χ4n) is 12.5. The first-order valence-electron chi connectivity index (χ1n) is 27.1. The second-order valence-electron chi connectivity index (χ2n) is 22.7. The lowest BCUT2D eigenvalue weighted by atomic mass is 9.86. The fraction of sp³-hybridized carbons (Fsp3) is 0.375. The van der Waals surface area contributed by atoms with Gasteiger partial charge in [0.15, 0.2) is 0 Å². The average molecular weight is 1060 g/mol. The third-order valence-electron chi connectivity index (χ3n) is 16.5. The van der Waals surface area contributed by atoms with Gasteiger partial charge in [0.25, 0.3) is 0 Å². The molecule has 0 radical (unpaired) electrons. The Bertz CT molecular complexity index is 3560. The summed E-state index contributed by atoms with van der Waals surface area (Å²) in [5.41, 5.74) is 13.8. The monoisotopic (exact) mass is 1060 g/mol. The number of pyridine rings is 2. The van der Waals surface area contributed by atoms with Gasteiger partial charge in [-0.05, 0) is 152 Å². The quantitative estimate of drug-likeness (QED) is 0.132. The van der Waals surface area contributed by atoms with Crippen molar-refractivity contribution < 1.29 is 37.2 Å². The molecule has 2 N–H and O–H groups in total. The second kappa shape index (κ2) is 20.8. The maximum absolute atomic E-state index is 15.6. The molecule has 14 heteroatoms. The molecule has 2 unspecified atom stereocenters. The van der Waals surface area contributed by atoms with Crippen molar-refractivity contribution in [1.29, 1.82) is 0 Å². The minimum Gasteiger partial charge on any atom is -0.386 e. The van der Waals surface area contributed by atoms with Crippen molar-refractivity contribution >= 4 is 66.4 Å². The van der Waals surface area contributed by atoms with Crippen molar-refractivity contribution in [1.82, 2.24) is 19.1 Å². The molecule has 0 bridgehead atoms. The number of ether oxygens (including phenoxy) is 2. The third kappa shape index (κ3) is 9.79. The van der Waals surface area contributed by atoms with Gasteiger partial charge in [0, 0.05) is 107 Å². The summed E-state index contributed by atoms with van der Waals surface area (Å²) in [5, 5.41) is 23.6. The summed E-state index contributed by atoms with van der Waals surface area (Å²) in [6.45, 7) is 18.9. The van der Waals surface area contributed by atoms with Gasteiger partial charge in [0.05, 0.1) is 69.5 Å². The Balaban J connectivity index is 0.000000165. The summed E-state index contributed by atoms with van der Waals surface area (Å²) in [6, 6.07) is 22.9. The molecule has 2 atom stereocenters. The number of allylic oxidation sites excluding steroid dienone is 2. The van der Waals surface area contributed by atoms with Crippen LogP contribution in [0.5, 0.6) is 0 Å². The Morgan fingerprint density at radius 1 is 0.513 bits per heavy atom. The second-order valence-corrected chi connectivity index (χ2v) is 22.7. The number of halogens is 4. The normalized spacial score (nSPS) is 17.9. The Kier molecular flexibility index (Phi) is 14.1. The first kappa shape index (κ1) is 53.2. The third-order valence-corrected chi connectivity index (χ3v) is 16.5. The lowest BCUT2D eigenvalue weighted by Gasteiger charge is -2.33. The minimum absolute atomic E-state index is 0.0580. The summed E-state index contributed by atoms with van der Waals surface area (Å²) >= 11 is 0.